The summed E-state index contributed by atoms with van der Waals surface area (Å²) in [6, 6.07) is 11.3. The first-order valence-electron chi connectivity index (χ1n) is 5.24. The first-order chi connectivity index (χ1) is 7.59. The third-order valence-electron chi connectivity index (χ3n) is 2.74. The van der Waals surface area contributed by atoms with E-state index in [0.717, 1.165) is 22.3 Å². The zero-order chi connectivity index (χ0) is 11.7. The molecule has 2 heteroatoms. The summed E-state index contributed by atoms with van der Waals surface area (Å²) in [6.07, 6.45) is 0. The van der Waals surface area contributed by atoms with Gasteiger partial charge < -0.3 is 10.8 Å². The lowest BCUT2D eigenvalue weighted by Gasteiger charge is -2.11. The first-order valence-corrected chi connectivity index (χ1v) is 5.24. The summed E-state index contributed by atoms with van der Waals surface area (Å²) in [5.41, 5.74) is 10.5. The quantitative estimate of drug-likeness (QED) is 0.714. The summed E-state index contributed by atoms with van der Waals surface area (Å²) in [5.74, 6) is 0.230. The number of aryl methyl sites for hydroxylation is 2. The molecule has 0 aliphatic rings. The lowest BCUT2D eigenvalue weighted by atomic mass is 9.96. The fraction of sp³-hybridized carbons (Fsp3) is 0.143. The van der Waals surface area contributed by atoms with Crippen molar-refractivity contribution in [1.82, 2.24) is 0 Å². The van der Waals surface area contributed by atoms with Crippen LogP contribution in [0.1, 0.15) is 11.1 Å². The number of hydrogen-bond acceptors (Lipinski definition) is 2. The van der Waals surface area contributed by atoms with E-state index in [1.54, 1.807) is 18.2 Å². The number of nitrogen functional groups attached to an aromatic ring is 1. The van der Waals surface area contributed by atoms with Crippen molar-refractivity contribution >= 4 is 5.69 Å². The first kappa shape index (κ1) is 10.6. The number of hydrogen-bond donors (Lipinski definition) is 2. The van der Waals surface area contributed by atoms with Crippen molar-refractivity contribution in [2.24, 2.45) is 0 Å². The van der Waals surface area contributed by atoms with Crippen LogP contribution in [-0.4, -0.2) is 5.11 Å². The van der Waals surface area contributed by atoms with Crippen LogP contribution >= 0.6 is 0 Å². The highest BCUT2D eigenvalue weighted by Crippen LogP contribution is 2.36. The predicted octanol–water partition coefficient (Wildman–Crippen LogP) is 3.26. The van der Waals surface area contributed by atoms with Gasteiger partial charge in [0.15, 0.2) is 0 Å². The van der Waals surface area contributed by atoms with E-state index in [1.165, 1.54) is 0 Å². The molecule has 82 valence electrons. The summed E-state index contributed by atoms with van der Waals surface area (Å²) in [4.78, 5) is 0. The van der Waals surface area contributed by atoms with Gasteiger partial charge in [-0.2, -0.15) is 0 Å². The van der Waals surface area contributed by atoms with Crippen molar-refractivity contribution in [2.45, 2.75) is 13.8 Å². The highest BCUT2D eigenvalue weighted by Gasteiger charge is 2.10. The minimum atomic E-state index is 0.230. The molecule has 2 rings (SSSR count). The van der Waals surface area contributed by atoms with Crippen molar-refractivity contribution < 1.29 is 5.11 Å². The molecule has 0 bridgehead atoms. The van der Waals surface area contributed by atoms with Gasteiger partial charge in [0.05, 0.1) is 0 Å². The van der Waals surface area contributed by atoms with Crippen LogP contribution in [0.15, 0.2) is 36.4 Å². The smallest absolute Gasteiger partial charge is 0.125 e. The van der Waals surface area contributed by atoms with Crippen LogP contribution in [0.5, 0.6) is 5.75 Å². The van der Waals surface area contributed by atoms with Crippen molar-refractivity contribution in [3.05, 3.63) is 47.5 Å². The molecule has 0 heterocycles. The molecule has 0 aromatic heterocycles. The van der Waals surface area contributed by atoms with Crippen LogP contribution in [0.3, 0.4) is 0 Å². The lowest BCUT2D eigenvalue weighted by Crippen LogP contribution is -1.92. The fourth-order valence-electron chi connectivity index (χ4n) is 1.86. The summed E-state index contributed by atoms with van der Waals surface area (Å²) in [6.45, 7) is 4.04. The van der Waals surface area contributed by atoms with Crippen LogP contribution in [0.4, 0.5) is 5.69 Å². The van der Waals surface area contributed by atoms with E-state index in [1.807, 2.05) is 26.0 Å². The molecule has 2 nitrogen and oxygen atoms in total. The second kappa shape index (κ2) is 3.89. The Morgan fingerprint density at radius 3 is 2.50 bits per heavy atom. The molecule has 0 amide bonds. The van der Waals surface area contributed by atoms with E-state index < -0.39 is 0 Å². The van der Waals surface area contributed by atoms with E-state index >= 15 is 0 Å². The highest BCUT2D eigenvalue weighted by molar-refractivity contribution is 5.83. The van der Waals surface area contributed by atoms with Crippen LogP contribution in [0.25, 0.3) is 11.1 Å². The van der Waals surface area contributed by atoms with E-state index in [-0.39, 0.29) is 5.75 Å². The van der Waals surface area contributed by atoms with Gasteiger partial charge in [0, 0.05) is 11.3 Å². The molecule has 3 N–H and O–H groups in total. The molecule has 0 spiro atoms. The van der Waals surface area contributed by atoms with Gasteiger partial charge in [-0.3, -0.25) is 0 Å². The Morgan fingerprint density at radius 1 is 1.06 bits per heavy atom. The van der Waals surface area contributed by atoms with Crippen LogP contribution in [0.2, 0.25) is 0 Å². The van der Waals surface area contributed by atoms with Crippen molar-refractivity contribution in [3.8, 4) is 16.9 Å². The third kappa shape index (κ3) is 1.74. The van der Waals surface area contributed by atoms with E-state index in [9.17, 15) is 5.11 Å². The third-order valence-corrected chi connectivity index (χ3v) is 2.74. The van der Waals surface area contributed by atoms with E-state index in [4.69, 9.17) is 5.73 Å². The lowest BCUT2D eigenvalue weighted by molar-refractivity contribution is 0.477. The number of phenolic OH excluding ortho intramolecular Hbond substituents is 1. The van der Waals surface area contributed by atoms with Crippen LogP contribution in [-0.2, 0) is 0 Å². The van der Waals surface area contributed by atoms with Crippen molar-refractivity contribution in [1.29, 1.82) is 0 Å². The standard InChI is InChI=1S/C14H15NO/c1-9-6-7-10(2)11(8-9)14-12(15)4-3-5-13(14)16/h3-8,16H,15H2,1-2H3. The zero-order valence-electron chi connectivity index (χ0n) is 9.49. The van der Waals surface area contributed by atoms with Gasteiger partial charge in [0.2, 0.25) is 0 Å². The number of anilines is 1. The maximum atomic E-state index is 9.88. The molecule has 2 aromatic carbocycles. The molecule has 0 aliphatic carbocycles. The van der Waals surface area contributed by atoms with Gasteiger partial charge in [-0.15, -0.1) is 0 Å². The molecule has 0 atom stereocenters. The Labute approximate surface area is 95.4 Å². The molecular weight excluding hydrogens is 198 g/mol. The number of benzene rings is 2. The molecule has 2 aromatic rings. The monoisotopic (exact) mass is 213 g/mol. The number of rotatable bonds is 1. The van der Waals surface area contributed by atoms with E-state index in [2.05, 4.69) is 6.07 Å². The van der Waals surface area contributed by atoms with Gasteiger partial charge in [-0.25, -0.2) is 0 Å². The molecule has 16 heavy (non-hydrogen) atoms. The fourth-order valence-corrected chi connectivity index (χ4v) is 1.86. The van der Waals surface area contributed by atoms with Crippen LogP contribution < -0.4 is 5.73 Å². The molecule has 0 unspecified atom stereocenters. The summed E-state index contributed by atoms with van der Waals surface area (Å²) in [7, 11) is 0. The predicted molar refractivity (Wildman–Crippen MR) is 67.4 cm³/mol. The summed E-state index contributed by atoms with van der Waals surface area (Å²) < 4.78 is 0. The van der Waals surface area contributed by atoms with Gasteiger partial charge in [0.25, 0.3) is 0 Å². The highest BCUT2D eigenvalue weighted by atomic mass is 16.3. The molecular formula is C14H15NO. The Hall–Kier alpha value is -1.96. The van der Waals surface area contributed by atoms with Gasteiger partial charge in [0.1, 0.15) is 5.75 Å². The van der Waals surface area contributed by atoms with Gasteiger partial charge in [-0.05, 0) is 37.1 Å². The summed E-state index contributed by atoms with van der Waals surface area (Å²) >= 11 is 0. The second-order valence-corrected chi connectivity index (χ2v) is 4.06. The normalized spacial score (nSPS) is 10.4. The molecule has 0 fully saturated rings. The topological polar surface area (TPSA) is 46.2 Å². The minimum Gasteiger partial charge on any atom is -0.507 e. The Balaban J connectivity index is 2.72. The maximum Gasteiger partial charge on any atom is 0.125 e. The Kier molecular flexibility index (Phi) is 2.57. The average molecular weight is 213 g/mol. The Morgan fingerprint density at radius 2 is 1.81 bits per heavy atom. The van der Waals surface area contributed by atoms with Crippen molar-refractivity contribution in [2.75, 3.05) is 5.73 Å². The minimum absolute atomic E-state index is 0.230. The molecule has 0 radical (unpaired) electrons. The van der Waals surface area contributed by atoms with Gasteiger partial charge >= 0.3 is 0 Å². The van der Waals surface area contributed by atoms with Crippen molar-refractivity contribution in [3.63, 3.8) is 0 Å². The average Bonchev–Trinajstić information content (AvgIpc) is 2.23. The SMILES string of the molecule is Cc1ccc(C)c(-c2c(N)cccc2O)c1. The molecule has 0 saturated heterocycles. The zero-order valence-corrected chi connectivity index (χ0v) is 9.49. The van der Waals surface area contributed by atoms with Gasteiger partial charge in [-0.1, -0.05) is 29.8 Å². The molecule has 0 saturated carbocycles. The van der Waals surface area contributed by atoms with E-state index in [0.29, 0.717) is 5.69 Å². The summed E-state index contributed by atoms with van der Waals surface area (Å²) in [5, 5.41) is 9.88. The number of aromatic hydroxyl groups is 1. The van der Waals surface area contributed by atoms with Crippen LogP contribution in [0, 0.1) is 13.8 Å². The largest absolute Gasteiger partial charge is 0.507 e. The number of phenols is 1. The maximum absolute atomic E-state index is 9.88. The Bertz CT molecular complexity index is 512. The molecule has 0 aliphatic heterocycles. The number of nitrogens with two attached hydrogens (primary N) is 1. The second-order valence-electron chi connectivity index (χ2n) is 4.06.